The van der Waals surface area contributed by atoms with Crippen LogP contribution >= 0.6 is 0 Å². The van der Waals surface area contributed by atoms with Gasteiger partial charge in [-0.2, -0.15) is 0 Å². The maximum absolute atomic E-state index is 11.1. The molecule has 116 valence electrons. The van der Waals surface area contributed by atoms with E-state index in [1.807, 2.05) is 6.07 Å². The second-order valence-corrected chi connectivity index (χ2v) is 5.60. The zero-order valence-electron chi connectivity index (χ0n) is 13.0. The molecule has 0 unspecified atom stereocenters. The van der Waals surface area contributed by atoms with E-state index in [0.717, 1.165) is 22.4 Å². The lowest BCUT2D eigenvalue weighted by atomic mass is 10.0. The summed E-state index contributed by atoms with van der Waals surface area (Å²) >= 11 is 0. The van der Waals surface area contributed by atoms with Crippen LogP contribution in [0.5, 0.6) is 0 Å². The number of carboxylic acids is 1. The summed E-state index contributed by atoms with van der Waals surface area (Å²) in [5, 5.41) is 17.3. The number of hydrogen-bond acceptors (Lipinski definition) is 3. The van der Waals surface area contributed by atoms with Crippen molar-refractivity contribution >= 4 is 5.97 Å². The number of carbonyl (C=O) groups is 1. The molecule has 1 N–H and O–H groups in total. The standard InChI is InChI=1S/C18H17N3O2/c1-12-6-7-16(13(2)8-12)17-10-19-20-21(17)11-14-4-3-5-15(9-14)18(22)23/h3-10H,11H2,1-2H3,(H,22,23). The second-order valence-electron chi connectivity index (χ2n) is 5.60. The molecule has 23 heavy (non-hydrogen) atoms. The van der Waals surface area contributed by atoms with E-state index in [4.69, 9.17) is 5.11 Å². The normalized spacial score (nSPS) is 10.7. The Labute approximate surface area is 134 Å². The van der Waals surface area contributed by atoms with Gasteiger partial charge in [-0.1, -0.05) is 41.1 Å². The van der Waals surface area contributed by atoms with Crippen molar-refractivity contribution in [2.75, 3.05) is 0 Å². The number of benzene rings is 2. The Kier molecular flexibility index (Phi) is 3.93. The largest absolute Gasteiger partial charge is 0.478 e. The van der Waals surface area contributed by atoms with Crippen molar-refractivity contribution in [2.45, 2.75) is 20.4 Å². The van der Waals surface area contributed by atoms with Crippen LogP contribution in [0.2, 0.25) is 0 Å². The summed E-state index contributed by atoms with van der Waals surface area (Å²) in [5.41, 5.74) is 5.52. The van der Waals surface area contributed by atoms with Gasteiger partial charge in [0.15, 0.2) is 0 Å². The first-order valence-electron chi connectivity index (χ1n) is 7.33. The molecule has 5 nitrogen and oxygen atoms in total. The van der Waals surface area contributed by atoms with E-state index >= 15 is 0 Å². The van der Waals surface area contributed by atoms with E-state index in [0.29, 0.717) is 6.54 Å². The van der Waals surface area contributed by atoms with Crippen molar-refractivity contribution in [3.05, 3.63) is 70.9 Å². The molecule has 1 heterocycles. The number of rotatable bonds is 4. The molecule has 2 aromatic carbocycles. The fourth-order valence-electron chi connectivity index (χ4n) is 2.66. The Morgan fingerprint density at radius 1 is 1.17 bits per heavy atom. The van der Waals surface area contributed by atoms with Gasteiger partial charge in [-0.05, 0) is 37.1 Å². The molecular formula is C18H17N3O2. The monoisotopic (exact) mass is 307 g/mol. The molecule has 0 fully saturated rings. The molecule has 0 spiro atoms. The van der Waals surface area contributed by atoms with Gasteiger partial charge < -0.3 is 5.11 Å². The lowest BCUT2D eigenvalue weighted by Gasteiger charge is -2.10. The van der Waals surface area contributed by atoms with Crippen molar-refractivity contribution in [2.24, 2.45) is 0 Å². The third-order valence-electron chi connectivity index (χ3n) is 3.78. The number of hydrogen-bond donors (Lipinski definition) is 1. The Bertz CT molecular complexity index is 868. The van der Waals surface area contributed by atoms with Crippen molar-refractivity contribution in [3.8, 4) is 11.3 Å². The van der Waals surface area contributed by atoms with Crippen molar-refractivity contribution in [3.63, 3.8) is 0 Å². The van der Waals surface area contributed by atoms with Gasteiger partial charge in [0.2, 0.25) is 0 Å². The summed E-state index contributed by atoms with van der Waals surface area (Å²) in [6.45, 7) is 4.60. The van der Waals surface area contributed by atoms with Gasteiger partial charge in [-0.25, -0.2) is 9.48 Å². The van der Waals surface area contributed by atoms with Crippen LogP contribution in [-0.2, 0) is 6.54 Å². The molecule has 0 bridgehead atoms. The van der Waals surface area contributed by atoms with E-state index in [-0.39, 0.29) is 5.56 Å². The fourth-order valence-corrected chi connectivity index (χ4v) is 2.66. The van der Waals surface area contributed by atoms with Crippen LogP contribution in [0.3, 0.4) is 0 Å². The topological polar surface area (TPSA) is 68.0 Å². The first kappa shape index (κ1) is 15.0. The van der Waals surface area contributed by atoms with Crippen molar-refractivity contribution < 1.29 is 9.90 Å². The molecule has 0 amide bonds. The van der Waals surface area contributed by atoms with Crippen molar-refractivity contribution in [1.82, 2.24) is 15.0 Å². The second kappa shape index (κ2) is 6.04. The molecule has 0 aliphatic carbocycles. The van der Waals surface area contributed by atoms with Gasteiger partial charge >= 0.3 is 5.97 Å². The van der Waals surface area contributed by atoms with E-state index in [9.17, 15) is 4.79 Å². The van der Waals surface area contributed by atoms with E-state index in [2.05, 4.69) is 42.4 Å². The van der Waals surface area contributed by atoms with Crippen LogP contribution in [0, 0.1) is 13.8 Å². The predicted molar refractivity (Wildman–Crippen MR) is 87.4 cm³/mol. The zero-order chi connectivity index (χ0) is 16.4. The molecule has 1 aromatic heterocycles. The quantitative estimate of drug-likeness (QED) is 0.803. The lowest BCUT2D eigenvalue weighted by Crippen LogP contribution is -2.06. The molecule has 0 saturated carbocycles. The predicted octanol–water partition coefficient (Wildman–Crippen LogP) is 3.31. The number of aryl methyl sites for hydroxylation is 2. The van der Waals surface area contributed by atoms with E-state index < -0.39 is 5.97 Å². The smallest absolute Gasteiger partial charge is 0.335 e. The summed E-state index contributed by atoms with van der Waals surface area (Å²) < 4.78 is 1.79. The maximum atomic E-state index is 11.1. The van der Waals surface area contributed by atoms with Gasteiger partial charge in [0.1, 0.15) is 0 Å². The Hall–Kier alpha value is -2.95. The lowest BCUT2D eigenvalue weighted by molar-refractivity contribution is 0.0696. The van der Waals surface area contributed by atoms with Gasteiger partial charge in [0, 0.05) is 5.56 Å². The van der Waals surface area contributed by atoms with Gasteiger partial charge in [0.25, 0.3) is 0 Å². The minimum atomic E-state index is -0.931. The SMILES string of the molecule is Cc1ccc(-c2cnnn2Cc2cccc(C(=O)O)c2)c(C)c1. The fraction of sp³-hybridized carbons (Fsp3) is 0.167. The van der Waals surface area contributed by atoms with Crippen LogP contribution in [0.4, 0.5) is 0 Å². The molecule has 3 aromatic rings. The molecule has 0 aliphatic rings. The average molecular weight is 307 g/mol. The Morgan fingerprint density at radius 3 is 2.74 bits per heavy atom. The highest BCUT2D eigenvalue weighted by Crippen LogP contribution is 2.24. The zero-order valence-corrected chi connectivity index (χ0v) is 13.0. The molecule has 0 saturated heterocycles. The van der Waals surface area contributed by atoms with E-state index in [1.54, 1.807) is 29.1 Å². The molecule has 0 radical (unpaired) electrons. The highest BCUT2D eigenvalue weighted by Gasteiger charge is 2.11. The minimum absolute atomic E-state index is 0.274. The van der Waals surface area contributed by atoms with Crippen LogP contribution in [-0.4, -0.2) is 26.1 Å². The summed E-state index contributed by atoms with van der Waals surface area (Å²) in [5.74, 6) is -0.931. The van der Waals surface area contributed by atoms with Crippen molar-refractivity contribution in [1.29, 1.82) is 0 Å². The summed E-state index contributed by atoms with van der Waals surface area (Å²) in [6.07, 6.45) is 1.73. The molecular weight excluding hydrogens is 290 g/mol. The van der Waals surface area contributed by atoms with Crippen LogP contribution < -0.4 is 0 Å². The summed E-state index contributed by atoms with van der Waals surface area (Å²) in [4.78, 5) is 11.1. The van der Waals surface area contributed by atoms with Crippen LogP contribution in [0.25, 0.3) is 11.3 Å². The molecule has 3 rings (SSSR count). The highest BCUT2D eigenvalue weighted by molar-refractivity contribution is 5.87. The van der Waals surface area contributed by atoms with E-state index in [1.165, 1.54) is 5.56 Å². The Balaban J connectivity index is 1.95. The van der Waals surface area contributed by atoms with Gasteiger partial charge in [-0.15, -0.1) is 5.10 Å². The summed E-state index contributed by atoms with van der Waals surface area (Å²) in [6, 6.07) is 13.1. The molecule has 0 atom stereocenters. The first-order chi connectivity index (χ1) is 11.0. The third kappa shape index (κ3) is 3.13. The maximum Gasteiger partial charge on any atom is 0.335 e. The number of carboxylic acid groups (broad SMARTS) is 1. The Morgan fingerprint density at radius 2 is 2.00 bits per heavy atom. The van der Waals surface area contributed by atoms with Gasteiger partial charge in [0.05, 0.1) is 24.0 Å². The minimum Gasteiger partial charge on any atom is -0.478 e. The van der Waals surface area contributed by atoms with Crippen LogP contribution in [0.1, 0.15) is 27.0 Å². The number of aromatic nitrogens is 3. The summed E-state index contributed by atoms with van der Waals surface area (Å²) in [7, 11) is 0. The highest BCUT2D eigenvalue weighted by atomic mass is 16.4. The van der Waals surface area contributed by atoms with Crippen LogP contribution in [0.15, 0.2) is 48.7 Å². The number of nitrogens with zero attached hydrogens (tertiary/aromatic N) is 3. The molecule has 0 aliphatic heterocycles. The first-order valence-corrected chi connectivity index (χ1v) is 7.33. The number of aromatic carboxylic acids is 1. The molecule has 5 heteroatoms. The average Bonchev–Trinajstić information content (AvgIpc) is 2.95. The third-order valence-corrected chi connectivity index (χ3v) is 3.78. The van der Waals surface area contributed by atoms with Gasteiger partial charge in [-0.3, -0.25) is 0 Å².